The van der Waals surface area contributed by atoms with Gasteiger partial charge in [-0.2, -0.15) is 5.10 Å². The summed E-state index contributed by atoms with van der Waals surface area (Å²) in [5, 5.41) is 9.65. The van der Waals surface area contributed by atoms with Crippen LogP contribution in [0.3, 0.4) is 0 Å². The molecule has 1 aromatic rings. The Morgan fingerprint density at radius 3 is 2.71 bits per heavy atom. The summed E-state index contributed by atoms with van der Waals surface area (Å²) >= 11 is 0. The molecule has 0 bridgehead atoms. The molecule has 21 heavy (non-hydrogen) atoms. The summed E-state index contributed by atoms with van der Waals surface area (Å²) in [7, 11) is -3.22. The maximum atomic E-state index is 12.1. The predicted molar refractivity (Wildman–Crippen MR) is 79.6 cm³/mol. The van der Waals surface area contributed by atoms with Crippen LogP contribution in [0.1, 0.15) is 54.1 Å². The molecular weight excluding hydrogens is 292 g/mol. The minimum absolute atomic E-state index is 0.182. The Balaban J connectivity index is 1.89. The largest absolute Gasteiger partial charge is 0.351 e. The van der Waals surface area contributed by atoms with Crippen LogP contribution in [0, 0.1) is 0 Å². The molecule has 3 N–H and O–H groups in total. The van der Waals surface area contributed by atoms with Gasteiger partial charge in [0.1, 0.15) is 0 Å². The number of nitrogens with zero attached hydrogens (tertiary/aromatic N) is 1. The summed E-state index contributed by atoms with van der Waals surface area (Å²) in [5.41, 5.74) is 1.48. The summed E-state index contributed by atoms with van der Waals surface area (Å²) in [4.78, 5) is 12.1. The van der Waals surface area contributed by atoms with Crippen LogP contribution in [0.2, 0.25) is 0 Å². The van der Waals surface area contributed by atoms with E-state index in [2.05, 4.69) is 20.2 Å². The predicted octanol–water partition coefficient (Wildman–Crippen LogP) is 0.736. The van der Waals surface area contributed by atoms with Crippen molar-refractivity contribution in [3.8, 4) is 0 Å². The second kappa shape index (κ2) is 7.04. The standard InChI is InChI=1S/C13H22N4O3S/c1-21(19,20)16-8-7-14-13(18)11-9-15-17-12(11)10-5-3-2-4-6-10/h9-10,16H,2-8H2,1H3,(H,14,18)(H,15,17). The molecular formula is C13H22N4O3S. The molecule has 7 nitrogen and oxygen atoms in total. The molecule has 1 aromatic heterocycles. The van der Waals surface area contributed by atoms with Crippen molar-refractivity contribution in [1.82, 2.24) is 20.2 Å². The first kappa shape index (κ1) is 16.0. The maximum absolute atomic E-state index is 12.1. The van der Waals surface area contributed by atoms with E-state index in [1.165, 1.54) is 19.3 Å². The molecule has 0 atom stereocenters. The fraction of sp³-hybridized carbons (Fsp3) is 0.692. The van der Waals surface area contributed by atoms with Gasteiger partial charge in [-0.15, -0.1) is 0 Å². The minimum Gasteiger partial charge on any atom is -0.351 e. The van der Waals surface area contributed by atoms with E-state index in [1.54, 1.807) is 6.20 Å². The highest BCUT2D eigenvalue weighted by Gasteiger charge is 2.23. The molecule has 1 aliphatic rings. The van der Waals surface area contributed by atoms with Gasteiger partial charge >= 0.3 is 0 Å². The Kier molecular flexibility index (Phi) is 5.35. The smallest absolute Gasteiger partial charge is 0.254 e. The Bertz CT molecular complexity index is 576. The lowest BCUT2D eigenvalue weighted by atomic mass is 9.85. The Labute approximate surface area is 124 Å². The van der Waals surface area contributed by atoms with Gasteiger partial charge in [0.25, 0.3) is 5.91 Å². The number of aromatic nitrogens is 2. The van der Waals surface area contributed by atoms with E-state index in [4.69, 9.17) is 0 Å². The van der Waals surface area contributed by atoms with Crippen molar-refractivity contribution < 1.29 is 13.2 Å². The van der Waals surface area contributed by atoms with Crippen molar-refractivity contribution in [2.45, 2.75) is 38.0 Å². The van der Waals surface area contributed by atoms with E-state index >= 15 is 0 Å². The first-order valence-electron chi connectivity index (χ1n) is 7.23. The van der Waals surface area contributed by atoms with E-state index < -0.39 is 10.0 Å². The number of hydrogen-bond donors (Lipinski definition) is 3. The molecule has 0 saturated heterocycles. The summed E-state index contributed by atoms with van der Waals surface area (Å²) in [6.07, 6.45) is 8.42. The molecule has 0 aliphatic heterocycles. The second-order valence-corrected chi connectivity index (χ2v) is 7.29. The number of rotatable bonds is 6. The third-order valence-electron chi connectivity index (χ3n) is 3.70. The molecule has 0 unspecified atom stereocenters. The zero-order valence-electron chi connectivity index (χ0n) is 12.2. The van der Waals surface area contributed by atoms with Gasteiger partial charge in [0.05, 0.1) is 23.7 Å². The topological polar surface area (TPSA) is 104 Å². The van der Waals surface area contributed by atoms with Crippen molar-refractivity contribution in [3.05, 3.63) is 17.5 Å². The summed E-state index contributed by atoms with van der Waals surface area (Å²) in [6.45, 7) is 0.433. The Morgan fingerprint density at radius 2 is 2.05 bits per heavy atom. The van der Waals surface area contributed by atoms with Crippen molar-refractivity contribution in [2.24, 2.45) is 0 Å². The number of amides is 1. The van der Waals surface area contributed by atoms with Crippen molar-refractivity contribution in [2.75, 3.05) is 19.3 Å². The molecule has 2 rings (SSSR count). The minimum atomic E-state index is -3.22. The molecule has 0 aromatic carbocycles. The fourth-order valence-electron chi connectivity index (χ4n) is 2.69. The van der Waals surface area contributed by atoms with Gasteiger partial charge in [0, 0.05) is 19.0 Å². The van der Waals surface area contributed by atoms with Crippen LogP contribution < -0.4 is 10.0 Å². The van der Waals surface area contributed by atoms with Crippen molar-refractivity contribution >= 4 is 15.9 Å². The average molecular weight is 314 g/mol. The highest BCUT2D eigenvalue weighted by molar-refractivity contribution is 7.88. The molecule has 1 saturated carbocycles. The molecule has 0 spiro atoms. The number of nitrogens with one attached hydrogen (secondary N) is 3. The number of carbonyl (C=O) groups excluding carboxylic acids is 1. The third kappa shape index (κ3) is 4.82. The first-order chi connectivity index (χ1) is 9.97. The van der Waals surface area contributed by atoms with Gasteiger partial charge < -0.3 is 5.32 Å². The number of H-pyrrole nitrogens is 1. The van der Waals surface area contributed by atoms with E-state index in [-0.39, 0.29) is 19.0 Å². The van der Waals surface area contributed by atoms with Crippen LogP contribution in [0.4, 0.5) is 0 Å². The van der Waals surface area contributed by atoms with Gasteiger partial charge in [-0.25, -0.2) is 13.1 Å². The number of hydrogen-bond acceptors (Lipinski definition) is 4. The normalized spacial score (nSPS) is 16.8. The van der Waals surface area contributed by atoms with Crippen LogP contribution in [0.25, 0.3) is 0 Å². The van der Waals surface area contributed by atoms with E-state index in [9.17, 15) is 13.2 Å². The molecule has 0 radical (unpaired) electrons. The zero-order valence-corrected chi connectivity index (χ0v) is 13.0. The highest BCUT2D eigenvalue weighted by Crippen LogP contribution is 2.32. The fourth-order valence-corrected chi connectivity index (χ4v) is 3.16. The molecule has 118 valence electrons. The van der Waals surface area contributed by atoms with Gasteiger partial charge in [-0.1, -0.05) is 19.3 Å². The van der Waals surface area contributed by atoms with Crippen LogP contribution in [-0.2, 0) is 10.0 Å². The SMILES string of the molecule is CS(=O)(=O)NCCNC(=O)c1cn[nH]c1C1CCCCC1. The Hall–Kier alpha value is -1.41. The number of sulfonamides is 1. The van der Waals surface area contributed by atoms with Crippen LogP contribution in [0.5, 0.6) is 0 Å². The van der Waals surface area contributed by atoms with Crippen LogP contribution >= 0.6 is 0 Å². The van der Waals surface area contributed by atoms with Crippen LogP contribution in [0.15, 0.2) is 6.20 Å². The zero-order chi connectivity index (χ0) is 15.3. The second-order valence-electron chi connectivity index (χ2n) is 5.45. The van der Waals surface area contributed by atoms with Crippen molar-refractivity contribution in [1.29, 1.82) is 0 Å². The maximum Gasteiger partial charge on any atom is 0.254 e. The third-order valence-corrected chi connectivity index (χ3v) is 4.43. The van der Waals surface area contributed by atoms with Gasteiger partial charge in [-0.05, 0) is 12.8 Å². The van der Waals surface area contributed by atoms with Gasteiger partial charge in [-0.3, -0.25) is 9.89 Å². The first-order valence-corrected chi connectivity index (χ1v) is 9.12. The monoisotopic (exact) mass is 314 g/mol. The number of carbonyl (C=O) groups is 1. The lowest BCUT2D eigenvalue weighted by molar-refractivity contribution is 0.0952. The van der Waals surface area contributed by atoms with Crippen molar-refractivity contribution in [3.63, 3.8) is 0 Å². The van der Waals surface area contributed by atoms with Gasteiger partial charge in [0.15, 0.2) is 0 Å². The molecule has 1 aliphatic carbocycles. The molecule has 1 amide bonds. The molecule has 1 fully saturated rings. The number of aromatic amines is 1. The molecule has 8 heteroatoms. The van der Waals surface area contributed by atoms with E-state index in [0.29, 0.717) is 11.5 Å². The van der Waals surface area contributed by atoms with Crippen LogP contribution in [-0.4, -0.2) is 43.9 Å². The summed E-state index contributed by atoms with van der Waals surface area (Å²) in [6, 6.07) is 0. The van der Waals surface area contributed by atoms with E-state index in [1.807, 2.05) is 0 Å². The van der Waals surface area contributed by atoms with Gasteiger partial charge in [0.2, 0.25) is 10.0 Å². The highest BCUT2D eigenvalue weighted by atomic mass is 32.2. The van der Waals surface area contributed by atoms with E-state index in [0.717, 1.165) is 24.8 Å². The summed E-state index contributed by atoms with van der Waals surface area (Å²) in [5.74, 6) is 0.163. The molecule has 1 heterocycles. The quantitative estimate of drug-likeness (QED) is 0.673. The average Bonchev–Trinajstić information content (AvgIpc) is 2.93. The summed E-state index contributed by atoms with van der Waals surface area (Å²) < 4.78 is 24.2. The Morgan fingerprint density at radius 1 is 1.33 bits per heavy atom. The lowest BCUT2D eigenvalue weighted by Crippen LogP contribution is -2.34. The lowest BCUT2D eigenvalue weighted by Gasteiger charge is -2.21.